The molecule has 1 aliphatic heterocycles. The summed E-state index contributed by atoms with van der Waals surface area (Å²) < 4.78 is 7.70. The van der Waals surface area contributed by atoms with Crippen molar-refractivity contribution in [1.29, 1.82) is 0 Å². The summed E-state index contributed by atoms with van der Waals surface area (Å²) in [5, 5.41) is 7.80. The number of allylic oxidation sites excluding steroid dienone is 1. The molecule has 4 nitrogen and oxygen atoms in total. The Hall–Kier alpha value is -1.29. The van der Waals surface area contributed by atoms with Crippen molar-refractivity contribution in [3.8, 4) is 0 Å². The molecule has 0 amide bonds. The molecule has 1 N–H and O–H groups in total. The fourth-order valence-electron chi connectivity index (χ4n) is 2.41. The minimum atomic E-state index is 0.129. The summed E-state index contributed by atoms with van der Waals surface area (Å²) in [6, 6.07) is 0.129. The first-order valence-corrected chi connectivity index (χ1v) is 6.15. The Kier molecular flexibility index (Phi) is 3.52. The monoisotopic (exact) mass is 235 g/mol. The summed E-state index contributed by atoms with van der Waals surface area (Å²) >= 11 is 0. The standard InChI is InChI=1S/C13H21N3O/c1-9-12(10(2)16(4)15-9)13(14-3)11-7-5-6-8-17-11/h7,13-14H,5-6,8H2,1-4H3. The van der Waals surface area contributed by atoms with Crippen molar-refractivity contribution in [1.82, 2.24) is 15.1 Å². The number of aromatic nitrogens is 2. The van der Waals surface area contributed by atoms with E-state index in [9.17, 15) is 0 Å². The molecule has 1 aliphatic rings. The van der Waals surface area contributed by atoms with E-state index in [1.807, 2.05) is 18.8 Å². The Balaban J connectivity index is 2.37. The fourth-order valence-corrected chi connectivity index (χ4v) is 2.41. The SMILES string of the molecule is CNC(C1=CCCCO1)c1c(C)nn(C)c1C. The summed E-state index contributed by atoms with van der Waals surface area (Å²) in [5.74, 6) is 1.04. The van der Waals surface area contributed by atoms with Gasteiger partial charge in [-0.15, -0.1) is 0 Å². The van der Waals surface area contributed by atoms with E-state index in [2.05, 4.69) is 30.3 Å². The molecule has 4 heteroatoms. The molecule has 1 unspecified atom stereocenters. The minimum absolute atomic E-state index is 0.129. The third-order valence-electron chi connectivity index (χ3n) is 3.39. The number of rotatable bonds is 3. The molecule has 0 spiro atoms. The summed E-state index contributed by atoms with van der Waals surface area (Å²) in [6.07, 6.45) is 4.41. The van der Waals surface area contributed by atoms with E-state index in [4.69, 9.17) is 4.74 Å². The highest BCUT2D eigenvalue weighted by molar-refractivity contribution is 5.33. The molecule has 1 aromatic heterocycles. The first-order chi connectivity index (χ1) is 8.15. The number of nitrogens with one attached hydrogen (secondary N) is 1. The molecule has 0 saturated heterocycles. The average molecular weight is 235 g/mol. The van der Waals surface area contributed by atoms with Crippen molar-refractivity contribution in [3.63, 3.8) is 0 Å². The second-order valence-corrected chi connectivity index (χ2v) is 4.53. The van der Waals surface area contributed by atoms with Crippen molar-refractivity contribution < 1.29 is 4.74 Å². The van der Waals surface area contributed by atoms with E-state index in [1.165, 1.54) is 11.3 Å². The maximum Gasteiger partial charge on any atom is 0.114 e. The molecule has 0 saturated carbocycles. The molecular formula is C13H21N3O. The smallest absolute Gasteiger partial charge is 0.114 e. The molecule has 94 valence electrons. The lowest BCUT2D eigenvalue weighted by molar-refractivity contribution is 0.169. The van der Waals surface area contributed by atoms with Crippen LogP contribution in [0.25, 0.3) is 0 Å². The molecule has 2 rings (SSSR count). The van der Waals surface area contributed by atoms with Gasteiger partial charge in [-0.05, 0) is 39.8 Å². The number of hydrogen-bond donors (Lipinski definition) is 1. The van der Waals surface area contributed by atoms with Gasteiger partial charge < -0.3 is 10.1 Å². The van der Waals surface area contributed by atoms with Crippen molar-refractivity contribution >= 4 is 0 Å². The van der Waals surface area contributed by atoms with Crippen LogP contribution in [-0.4, -0.2) is 23.4 Å². The number of likely N-dealkylation sites (N-methyl/N-ethyl adjacent to an activating group) is 1. The number of aryl methyl sites for hydroxylation is 2. The summed E-state index contributed by atoms with van der Waals surface area (Å²) in [7, 11) is 3.95. The predicted molar refractivity (Wildman–Crippen MR) is 67.8 cm³/mol. The maximum absolute atomic E-state index is 5.77. The van der Waals surface area contributed by atoms with Crippen LogP contribution in [0.15, 0.2) is 11.8 Å². The summed E-state index contributed by atoms with van der Waals surface area (Å²) in [4.78, 5) is 0. The molecule has 2 heterocycles. The molecule has 0 radical (unpaired) electrons. The van der Waals surface area contributed by atoms with Gasteiger partial charge in [0.1, 0.15) is 5.76 Å². The Morgan fingerprint density at radius 1 is 1.47 bits per heavy atom. The van der Waals surface area contributed by atoms with Crippen LogP contribution >= 0.6 is 0 Å². The van der Waals surface area contributed by atoms with E-state index in [-0.39, 0.29) is 6.04 Å². The largest absolute Gasteiger partial charge is 0.496 e. The van der Waals surface area contributed by atoms with Gasteiger partial charge in [-0.1, -0.05) is 0 Å². The van der Waals surface area contributed by atoms with Crippen LogP contribution in [0.2, 0.25) is 0 Å². The molecule has 0 aromatic carbocycles. The fraction of sp³-hybridized carbons (Fsp3) is 0.615. The van der Waals surface area contributed by atoms with Crippen LogP contribution in [0.5, 0.6) is 0 Å². The normalized spacial score (nSPS) is 17.5. The van der Waals surface area contributed by atoms with E-state index >= 15 is 0 Å². The molecule has 1 aromatic rings. The van der Waals surface area contributed by atoms with Crippen LogP contribution < -0.4 is 5.32 Å². The van der Waals surface area contributed by atoms with Crippen molar-refractivity contribution in [2.24, 2.45) is 7.05 Å². The Morgan fingerprint density at radius 3 is 2.71 bits per heavy atom. The van der Waals surface area contributed by atoms with Gasteiger partial charge in [0.15, 0.2) is 0 Å². The summed E-state index contributed by atoms with van der Waals surface area (Å²) in [6.45, 7) is 4.97. The molecule has 0 aliphatic carbocycles. The highest BCUT2D eigenvalue weighted by Gasteiger charge is 2.24. The maximum atomic E-state index is 5.77. The molecular weight excluding hydrogens is 214 g/mol. The second kappa shape index (κ2) is 4.92. The first kappa shape index (κ1) is 12.2. The zero-order chi connectivity index (χ0) is 12.4. The Labute approximate surface area is 103 Å². The van der Waals surface area contributed by atoms with E-state index < -0.39 is 0 Å². The molecule has 0 bridgehead atoms. The number of hydrogen-bond acceptors (Lipinski definition) is 3. The molecule has 0 fully saturated rings. The predicted octanol–water partition coefficient (Wildman–Crippen LogP) is 1.99. The quantitative estimate of drug-likeness (QED) is 0.871. The third-order valence-corrected chi connectivity index (χ3v) is 3.39. The Bertz CT molecular complexity index is 434. The van der Waals surface area contributed by atoms with E-state index in [0.717, 1.165) is 30.9 Å². The van der Waals surface area contributed by atoms with Crippen LogP contribution in [-0.2, 0) is 11.8 Å². The number of ether oxygens (including phenoxy) is 1. The van der Waals surface area contributed by atoms with Crippen LogP contribution in [0.1, 0.15) is 35.8 Å². The van der Waals surface area contributed by atoms with E-state index in [0.29, 0.717) is 0 Å². The van der Waals surface area contributed by atoms with Crippen LogP contribution in [0, 0.1) is 13.8 Å². The van der Waals surface area contributed by atoms with Crippen LogP contribution in [0.3, 0.4) is 0 Å². The van der Waals surface area contributed by atoms with Crippen molar-refractivity contribution in [2.45, 2.75) is 32.7 Å². The van der Waals surface area contributed by atoms with E-state index in [1.54, 1.807) is 0 Å². The first-order valence-electron chi connectivity index (χ1n) is 6.15. The lowest BCUT2D eigenvalue weighted by atomic mass is 10.0. The van der Waals surface area contributed by atoms with Gasteiger partial charge >= 0.3 is 0 Å². The van der Waals surface area contributed by atoms with Gasteiger partial charge in [-0.2, -0.15) is 5.10 Å². The lowest BCUT2D eigenvalue weighted by Crippen LogP contribution is -2.23. The minimum Gasteiger partial charge on any atom is -0.496 e. The Morgan fingerprint density at radius 2 is 2.24 bits per heavy atom. The molecule has 1 atom stereocenters. The topological polar surface area (TPSA) is 39.1 Å². The zero-order valence-corrected chi connectivity index (χ0v) is 11.1. The van der Waals surface area contributed by atoms with Crippen molar-refractivity contribution in [2.75, 3.05) is 13.7 Å². The third kappa shape index (κ3) is 2.22. The van der Waals surface area contributed by atoms with Gasteiger partial charge in [-0.3, -0.25) is 4.68 Å². The highest BCUT2D eigenvalue weighted by atomic mass is 16.5. The summed E-state index contributed by atoms with van der Waals surface area (Å²) in [5.41, 5.74) is 3.50. The average Bonchev–Trinajstić information content (AvgIpc) is 2.58. The number of nitrogens with zero attached hydrogens (tertiary/aromatic N) is 2. The highest BCUT2D eigenvalue weighted by Crippen LogP contribution is 2.29. The van der Waals surface area contributed by atoms with Gasteiger partial charge in [0.05, 0.1) is 18.3 Å². The van der Waals surface area contributed by atoms with Crippen molar-refractivity contribution in [3.05, 3.63) is 28.8 Å². The molecule has 17 heavy (non-hydrogen) atoms. The van der Waals surface area contributed by atoms with Crippen LogP contribution in [0.4, 0.5) is 0 Å². The van der Waals surface area contributed by atoms with Gasteiger partial charge in [0, 0.05) is 18.3 Å². The van der Waals surface area contributed by atoms with Gasteiger partial charge in [-0.25, -0.2) is 0 Å². The second-order valence-electron chi connectivity index (χ2n) is 4.53. The van der Waals surface area contributed by atoms with Gasteiger partial charge in [0.2, 0.25) is 0 Å². The lowest BCUT2D eigenvalue weighted by Gasteiger charge is -2.24. The zero-order valence-electron chi connectivity index (χ0n) is 11.1. The van der Waals surface area contributed by atoms with Gasteiger partial charge in [0.25, 0.3) is 0 Å².